The van der Waals surface area contributed by atoms with Crippen molar-refractivity contribution >= 4 is 5.97 Å². The van der Waals surface area contributed by atoms with Gasteiger partial charge in [0, 0.05) is 5.56 Å². The highest BCUT2D eigenvalue weighted by atomic mass is 19.4. The van der Waals surface area contributed by atoms with Crippen LogP contribution in [0.2, 0.25) is 0 Å². The van der Waals surface area contributed by atoms with Crippen molar-refractivity contribution in [2.24, 2.45) is 0 Å². The second kappa shape index (κ2) is 5.76. The Bertz CT molecular complexity index is 693. The van der Waals surface area contributed by atoms with E-state index in [9.17, 15) is 27.5 Å². The quantitative estimate of drug-likeness (QED) is 0.851. The molecule has 0 aliphatic carbocycles. The smallest absolute Gasteiger partial charge is 0.416 e. The molecule has 3 nitrogen and oxygen atoms in total. The van der Waals surface area contributed by atoms with Gasteiger partial charge in [-0.05, 0) is 29.3 Å². The maximum atomic E-state index is 13.1. The van der Waals surface area contributed by atoms with E-state index in [0.717, 1.165) is 24.3 Å². The summed E-state index contributed by atoms with van der Waals surface area (Å²) in [4.78, 5) is 10.7. The molecule has 22 heavy (non-hydrogen) atoms. The summed E-state index contributed by atoms with van der Waals surface area (Å²) in [6, 6.07) is 7.68. The second-order valence-electron chi connectivity index (χ2n) is 4.55. The van der Waals surface area contributed by atoms with Crippen molar-refractivity contribution in [3.05, 3.63) is 59.4 Å². The number of carbonyl (C=O) groups is 1. The Balaban J connectivity index is 2.57. The average Bonchev–Trinajstić information content (AvgIpc) is 2.45. The van der Waals surface area contributed by atoms with Crippen LogP contribution < -0.4 is 0 Å². The Kier molecular flexibility index (Phi) is 4.18. The van der Waals surface area contributed by atoms with Crippen LogP contribution in [-0.4, -0.2) is 16.2 Å². The fraction of sp³-hybridized carbons (Fsp3) is 0.133. The molecule has 0 radical (unpaired) electrons. The van der Waals surface area contributed by atoms with Crippen molar-refractivity contribution in [2.75, 3.05) is 0 Å². The van der Waals surface area contributed by atoms with E-state index in [2.05, 4.69) is 0 Å². The fourth-order valence-corrected chi connectivity index (χ4v) is 2.00. The van der Waals surface area contributed by atoms with Gasteiger partial charge < -0.3 is 10.2 Å². The molecule has 0 heterocycles. The lowest BCUT2D eigenvalue weighted by atomic mass is 9.96. The lowest BCUT2D eigenvalue weighted by molar-refractivity contribution is -0.149. The predicted octanol–water partition coefficient (Wildman–Crippen LogP) is 3.63. The number of hydrogen-bond acceptors (Lipinski definition) is 2. The number of aliphatic hydroxyl groups excluding tert-OH is 1. The maximum Gasteiger partial charge on any atom is 0.416 e. The molecule has 0 saturated heterocycles. The van der Waals surface area contributed by atoms with Gasteiger partial charge in [0.2, 0.25) is 0 Å². The first-order valence-electron chi connectivity index (χ1n) is 6.08. The SMILES string of the molecule is O=C(O)C(O)c1ccc(-c2ccc(F)cc2)cc1C(F)(F)F. The van der Waals surface area contributed by atoms with Gasteiger partial charge in [-0.1, -0.05) is 24.3 Å². The first-order chi connectivity index (χ1) is 10.2. The number of aliphatic carboxylic acids is 1. The summed E-state index contributed by atoms with van der Waals surface area (Å²) in [7, 11) is 0. The third-order valence-electron chi connectivity index (χ3n) is 3.06. The molecule has 0 saturated carbocycles. The monoisotopic (exact) mass is 314 g/mol. The lowest BCUT2D eigenvalue weighted by Crippen LogP contribution is -2.17. The zero-order chi connectivity index (χ0) is 16.5. The van der Waals surface area contributed by atoms with Gasteiger partial charge in [-0.25, -0.2) is 9.18 Å². The standard InChI is InChI=1S/C15H10F4O3/c16-10-4-1-8(2-5-10)9-3-6-11(13(20)14(21)22)12(7-9)15(17,18)19/h1-7,13,20H,(H,21,22). The van der Waals surface area contributed by atoms with Crippen molar-refractivity contribution in [3.63, 3.8) is 0 Å². The molecule has 0 aliphatic heterocycles. The van der Waals surface area contributed by atoms with Gasteiger partial charge in [0.05, 0.1) is 5.56 Å². The molecule has 1 atom stereocenters. The number of carboxylic acids is 1. The molecule has 0 amide bonds. The van der Waals surface area contributed by atoms with Gasteiger partial charge in [0.25, 0.3) is 0 Å². The van der Waals surface area contributed by atoms with E-state index in [4.69, 9.17) is 5.11 Å². The highest BCUT2D eigenvalue weighted by Crippen LogP contribution is 2.37. The number of rotatable bonds is 3. The first kappa shape index (κ1) is 16.0. The molecule has 7 heteroatoms. The minimum Gasteiger partial charge on any atom is -0.479 e. The van der Waals surface area contributed by atoms with Gasteiger partial charge in [-0.15, -0.1) is 0 Å². The van der Waals surface area contributed by atoms with Crippen LogP contribution in [0.3, 0.4) is 0 Å². The van der Waals surface area contributed by atoms with E-state index in [1.165, 1.54) is 18.2 Å². The number of alkyl halides is 3. The van der Waals surface area contributed by atoms with Gasteiger partial charge in [-0.3, -0.25) is 0 Å². The summed E-state index contributed by atoms with van der Waals surface area (Å²) >= 11 is 0. The lowest BCUT2D eigenvalue weighted by Gasteiger charge is -2.16. The number of carboxylic acid groups (broad SMARTS) is 1. The largest absolute Gasteiger partial charge is 0.479 e. The van der Waals surface area contributed by atoms with Crippen LogP contribution >= 0.6 is 0 Å². The third kappa shape index (κ3) is 3.25. The molecule has 0 aromatic heterocycles. The summed E-state index contributed by atoms with van der Waals surface area (Å²) < 4.78 is 52.1. The van der Waals surface area contributed by atoms with Crippen molar-refractivity contribution in [1.82, 2.24) is 0 Å². The molecule has 0 aliphatic rings. The second-order valence-corrected chi connectivity index (χ2v) is 4.55. The predicted molar refractivity (Wildman–Crippen MR) is 69.4 cm³/mol. The van der Waals surface area contributed by atoms with Crippen molar-refractivity contribution in [1.29, 1.82) is 0 Å². The number of hydrogen-bond donors (Lipinski definition) is 2. The van der Waals surface area contributed by atoms with Crippen molar-refractivity contribution in [3.8, 4) is 11.1 Å². The van der Waals surface area contributed by atoms with E-state index in [0.29, 0.717) is 5.56 Å². The number of halogens is 4. The molecule has 0 fully saturated rings. The fourth-order valence-electron chi connectivity index (χ4n) is 2.00. The minimum absolute atomic E-state index is 0.133. The van der Waals surface area contributed by atoms with Crippen LogP contribution in [-0.2, 0) is 11.0 Å². The molecule has 1 unspecified atom stereocenters. The highest BCUT2D eigenvalue weighted by molar-refractivity contribution is 5.76. The first-order valence-corrected chi connectivity index (χ1v) is 6.08. The Hall–Kier alpha value is -2.41. The Labute approximate surface area is 122 Å². The molecule has 2 aromatic rings. The van der Waals surface area contributed by atoms with E-state index in [1.54, 1.807) is 0 Å². The number of benzene rings is 2. The van der Waals surface area contributed by atoms with E-state index < -0.39 is 35.2 Å². The van der Waals surface area contributed by atoms with Gasteiger partial charge in [0.1, 0.15) is 5.82 Å². The Morgan fingerprint density at radius 1 is 1.00 bits per heavy atom. The van der Waals surface area contributed by atoms with Gasteiger partial charge >= 0.3 is 12.1 Å². The summed E-state index contributed by atoms with van der Waals surface area (Å²) in [6.07, 6.45) is -7.11. The molecule has 2 aromatic carbocycles. The third-order valence-corrected chi connectivity index (χ3v) is 3.06. The Morgan fingerprint density at radius 3 is 2.05 bits per heavy atom. The highest BCUT2D eigenvalue weighted by Gasteiger charge is 2.36. The molecule has 2 rings (SSSR count). The van der Waals surface area contributed by atoms with Crippen LogP contribution in [0.5, 0.6) is 0 Å². The zero-order valence-electron chi connectivity index (χ0n) is 10.9. The number of aliphatic hydroxyl groups is 1. The molecular formula is C15H10F4O3. The van der Waals surface area contributed by atoms with Crippen molar-refractivity contribution < 1.29 is 32.6 Å². The molecular weight excluding hydrogens is 304 g/mol. The minimum atomic E-state index is -4.83. The summed E-state index contributed by atoms with van der Waals surface area (Å²) in [6.45, 7) is 0. The van der Waals surface area contributed by atoms with Crippen LogP contribution in [0.4, 0.5) is 17.6 Å². The summed E-state index contributed by atoms with van der Waals surface area (Å²) in [5.41, 5.74) is -1.52. The Morgan fingerprint density at radius 2 is 1.55 bits per heavy atom. The zero-order valence-corrected chi connectivity index (χ0v) is 10.9. The molecule has 0 bridgehead atoms. The van der Waals surface area contributed by atoms with Gasteiger partial charge in [-0.2, -0.15) is 13.2 Å². The molecule has 2 N–H and O–H groups in total. The topological polar surface area (TPSA) is 57.5 Å². The van der Waals surface area contributed by atoms with E-state index in [-0.39, 0.29) is 5.56 Å². The molecule has 116 valence electrons. The van der Waals surface area contributed by atoms with Gasteiger partial charge in [0.15, 0.2) is 6.10 Å². The maximum absolute atomic E-state index is 13.1. The van der Waals surface area contributed by atoms with Crippen LogP contribution in [0.1, 0.15) is 17.2 Å². The summed E-state index contributed by atoms with van der Waals surface area (Å²) in [5, 5.41) is 18.1. The van der Waals surface area contributed by atoms with E-state index in [1.807, 2.05) is 0 Å². The van der Waals surface area contributed by atoms with Crippen LogP contribution in [0.15, 0.2) is 42.5 Å². The van der Waals surface area contributed by atoms with Crippen LogP contribution in [0.25, 0.3) is 11.1 Å². The summed E-state index contributed by atoms with van der Waals surface area (Å²) in [5.74, 6) is -2.31. The van der Waals surface area contributed by atoms with Crippen LogP contribution in [0, 0.1) is 5.82 Å². The van der Waals surface area contributed by atoms with E-state index >= 15 is 0 Å². The van der Waals surface area contributed by atoms with Crippen molar-refractivity contribution in [2.45, 2.75) is 12.3 Å². The normalized spacial score (nSPS) is 13.0. The molecule has 0 spiro atoms. The average molecular weight is 314 g/mol.